The Kier molecular flexibility index (Phi) is 4.14. The second-order valence-electron chi connectivity index (χ2n) is 4.09. The molecule has 2 aromatic carbocycles. The summed E-state index contributed by atoms with van der Waals surface area (Å²) in [6.07, 6.45) is 0. The number of aryl methyl sites for hydroxylation is 1. The Balaban J connectivity index is 2.02. The van der Waals surface area contributed by atoms with Gasteiger partial charge < -0.3 is 4.72 Å². The van der Waals surface area contributed by atoms with Gasteiger partial charge in [0.05, 0.1) is 4.90 Å². The molecular weight excluding hydrogens is 280 g/mol. The number of primary sulfonamides is 1. The molecule has 6 heteroatoms. The molecule has 2 aromatic rings. The van der Waals surface area contributed by atoms with Gasteiger partial charge in [0, 0.05) is 10.6 Å². The van der Waals surface area contributed by atoms with Crippen LogP contribution in [-0.4, -0.2) is 8.42 Å². The van der Waals surface area contributed by atoms with Crippen molar-refractivity contribution in [3.05, 3.63) is 54.1 Å². The first kappa shape index (κ1) is 13.9. The van der Waals surface area contributed by atoms with E-state index < -0.39 is 10.0 Å². The van der Waals surface area contributed by atoms with Crippen molar-refractivity contribution in [3.63, 3.8) is 0 Å². The highest BCUT2D eigenvalue weighted by Crippen LogP contribution is 2.22. The Morgan fingerprint density at radius 1 is 1.00 bits per heavy atom. The van der Waals surface area contributed by atoms with Gasteiger partial charge in [0.2, 0.25) is 10.0 Å². The first-order chi connectivity index (χ1) is 8.95. The fourth-order valence-corrected chi connectivity index (χ4v) is 2.60. The molecule has 4 nitrogen and oxygen atoms in total. The second kappa shape index (κ2) is 5.64. The van der Waals surface area contributed by atoms with E-state index in [1.165, 1.54) is 29.6 Å². The molecule has 0 atom stereocenters. The molecule has 0 bridgehead atoms. The van der Waals surface area contributed by atoms with Gasteiger partial charge in [0.1, 0.15) is 0 Å². The van der Waals surface area contributed by atoms with Crippen LogP contribution in [0.4, 0.5) is 5.69 Å². The van der Waals surface area contributed by atoms with Gasteiger partial charge in [0.25, 0.3) is 0 Å². The van der Waals surface area contributed by atoms with Crippen molar-refractivity contribution in [2.45, 2.75) is 16.7 Å². The number of nitrogens with two attached hydrogens (primary N) is 1. The van der Waals surface area contributed by atoms with Gasteiger partial charge in [-0.2, -0.15) is 0 Å². The smallest absolute Gasteiger partial charge is 0.238 e. The van der Waals surface area contributed by atoms with Gasteiger partial charge >= 0.3 is 0 Å². The number of anilines is 1. The quantitative estimate of drug-likeness (QED) is 0.851. The van der Waals surface area contributed by atoms with Crippen LogP contribution < -0.4 is 9.86 Å². The van der Waals surface area contributed by atoms with Crippen molar-refractivity contribution in [2.75, 3.05) is 4.72 Å². The maximum absolute atomic E-state index is 11.1. The summed E-state index contributed by atoms with van der Waals surface area (Å²) in [6.45, 7) is 2.04. The Bertz CT molecular complexity index is 650. The average molecular weight is 294 g/mol. The lowest BCUT2D eigenvalue weighted by molar-refractivity contribution is 0.598. The molecule has 0 aliphatic rings. The predicted octanol–water partition coefficient (Wildman–Crippen LogP) is 2.76. The SMILES string of the molecule is Cc1ccc(SNc2ccc(S(N)(=O)=O)cc2)cc1. The molecule has 0 heterocycles. The molecule has 0 aliphatic heterocycles. The molecule has 0 radical (unpaired) electrons. The van der Waals surface area contributed by atoms with Crippen LogP contribution in [0.2, 0.25) is 0 Å². The van der Waals surface area contributed by atoms with E-state index in [0.717, 1.165) is 10.6 Å². The minimum atomic E-state index is -3.63. The van der Waals surface area contributed by atoms with Gasteiger partial charge in [0.15, 0.2) is 0 Å². The van der Waals surface area contributed by atoms with Crippen molar-refractivity contribution < 1.29 is 8.42 Å². The van der Waals surface area contributed by atoms with Crippen LogP contribution >= 0.6 is 11.9 Å². The van der Waals surface area contributed by atoms with Crippen LogP contribution in [0.25, 0.3) is 0 Å². The third-order valence-electron chi connectivity index (χ3n) is 2.49. The summed E-state index contributed by atoms with van der Waals surface area (Å²) < 4.78 is 25.4. The maximum atomic E-state index is 11.1. The van der Waals surface area contributed by atoms with Gasteiger partial charge in [-0.15, -0.1) is 0 Å². The van der Waals surface area contributed by atoms with Crippen LogP contribution in [0.15, 0.2) is 58.3 Å². The Morgan fingerprint density at radius 2 is 1.58 bits per heavy atom. The van der Waals surface area contributed by atoms with Crippen molar-refractivity contribution in [2.24, 2.45) is 5.14 Å². The highest BCUT2D eigenvalue weighted by atomic mass is 32.2. The zero-order valence-corrected chi connectivity index (χ0v) is 12.0. The first-order valence-electron chi connectivity index (χ1n) is 5.57. The highest BCUT2D eigenvalue weighted by molar-refractivity contribution is 8.00. The van der Waals surface area contributed by atoms with E-state index in [9.17, 15) is 8.42 Å². The maximum Gasteiger partial charge on any atom is 0.238 e. The van der Waals surface area contributed by atoms with Gasteiger partial charge in [-0.05, 0) is 55.3 Å². The molecule has 0 saturated carbocycles. The van der Waals surface area contributed by atoms with Crippen LogP contribution in [-0.2, 0) is 10.0 Å². The summed E-state index contributed by atoms with van der Waals surface area (Å²) in [4.78, 5) is 1.19. The molecule has 0 spiro atoms. The van der Waals surface area contributed by atoms with Crippen LogP contribution in [0, 0.1) is 6.92 Å². The molecule has 0 unspecified atom stereocenters. The summed E-state index contributed by atoms with van der Waals surface area (Å²) in [5, 5.41) is 5.03. The molecule has 0 fully saturated rings. The van der Waals surface area contributed by atoms with Crippen molar-refractivity contribution in [1.82, 2.24) is 0 Å². The number of rotatable bonds is 4. The molecule has 3 N–H and O–H groups in total. The molecule has 100 valence electrons. The van der Waals surface area contributed by atoms with Crippen LogP contribution in [0.5, 0.6) is 0 Å². The van der Waals surface area contributed by atoms with E-state index in [-0.39, 0.29) is 4.90 Å². The lowest BCUT2D eigenvalue weighted by Gasteiger charge is -2.06. The number of sulfonamides is 1. The zero-order chi connectivity index (χ0) is 13.9. The van der Waals surface area contributed by atoms with Crippen LogP contribution in [0.1, 0.15) is 5.56 Å². The highest BCUT2D eigenvalue weighted by Gasteiger charge is 2.06. The lowest BCUT2D eigenvalue weighted by atomic mass is 10.2. The normalized spacial score (nSPS) is 11.3. The van der Waals surface area contributed by atoms with E-state index >= 15 is 0 Å². The van der Waals surface area contributed by atoms with Gasteiger partial charge in [-0.3, -0.25) is 0 Å². The molecule has 0 amide bonds. The molecular formula is C13H14N2O2S2. The summed E-state index contributed by atoms with van der Waals surface area (Å²) in [5.74, 6) is 0. The van der Waals surface area contributed by atoms with Crippen LogP contribution in [0.3, 0.4) is 0 Å². The monoisotopic (exact) mass is 294 g/mol. The molecule has 19 heavy (non-hydrogen) atoms. The number of hydrogen-bond donors (Lipinski definition) is 2. The lowest BCUT2D eigenvalue weighted by Crippen LogP contribution is -2.11. The zero-order valence-electron chi connectivity index (χ0n) is 10.3. The Hall–Kier alpha value is -1.50. The molecule has 2 rings (SSSR count). The molecule has 0 aliphatic carbocycles. The number of hydrogen-bond acceptors (Lipinski definition) is 4. The van der Waals surface area contributed by atoms with E-state index in [1.54, 1.807) is 12.1 Å². The Labute approximate surface area is 117 Å². The topological polar surface area (TPSA) is 72.2 Å². The third kappa shape index (κ3) is 3.99. The summed E-state index contributed by atoms with van der Waals surface area (Å²) in [6, 6.07) is 14.4. The fraction of sp³-hybridized carbons (Fsp3) is 0.0769. The molecule has 0 saturated heterocycles. The summed E-state index contributed by atoms with van der Waals surface area (Å²) >= 11 is 1.46. The number of nitrogens with one attached hydrogen (secondary N) is 1. The standard InChI is InChI=1S/C13H14N2O2S2/c1-10-2-6-12(7-3-10)18-15-11-4-8-13(9-5-11)19(14,16)17/h2-9,15H,1H3,(H2,14,16,17). The Morgan fingerprint density at radius 3 is 2.11 bits per heavy atom. The largest absolute Gasteiger partial charge is 0.326 e. The molecule has 0 aromatic heterocycles. The van der Waals surface area contributed by atoms with E-state index in [1.807, 2.05) is 31.2 Å². The van der Waals surface area contributed by atoms with E-state index in [0.29, 0.717) is 0 Å². The number of benzene rings is 2. The third-order valence-corrected chi connectivity index (χ3v) is 4.27. The van der Waals surface area contributed by atoms with Crippen molar-refractivity contribution in [3.8, 4) is 0 Å². The predicted molar refractivity (Wildman–Crippen MR) is 78.5 cm³/mol. The summed E-state index contributed by atoms with van der Waals surface area (Å²) in [5.41, 5.74) is 2.03. The van der Waals surface area contributed by atoms with Crippen molar-refractivity contribution >= 4 is 27.7 Å². The average Bonchev–Trinajstić information content (AvgIpc) is 2.37. The minimum absolute atomic E-state index is 0.110. The fourth-order valence-electron chi connectivity index (χ4n) is 1.44. The van der Waals surface area contributed by atoms with E-state index in [2.05, 4.69) is 4.72 Å². The second-order valence-corrected chi connectivity index (χ2v) is 6.53. The van der Waals surface area contributed by atoms with Gasteiger partial charge in [-0.25, -0.2) is 13.6 Å². The van der Waals surface area contributed by atoms with Gasteiger partial charge in [-0.1, -0.05) is 17.7 Å². The summed E-state index contributed by atoms with van der Waals surface area (Å²) in [7, 11) is -3.63. The van der Waals surface area contributed by atoms with Crippen molar-refractivity contribution in [1.29, 1.82) is 0 Å². The minimum Gasteiger partial charge on any atom is -0.326 e. The van der Waals surface area contributed by atoms with E-state index in [4.69, 9.17) is 5.14 Å². The first-order valence-corrected chi connectivity index (χ1v) is 7.94.